The van der Waals surface area contributed by atoms with Crippen LogP contribution in [-0.4, -0.2) is 16.5 Å². The lowest BCUT2D eigenvalue weighted by Crippen LogP contribution is -1.99. The smallest absolute Gasteiger partial charge is 0.150 e. The van der Waals surface area contributed by atoms with E-state index >= 15 is 0 Å². The summed E-state index contributed by atoms with van der Waals surface area (Å²) in [6, 6.07) is 4.17. The number of nitrogens with two attached hydrogens (primary N) is 1. The molecule has 23 heavy (non-hydrogen) atoms. The van der Waals surface area contributed by atoms with Crippen LogP contribution >= 0.6 is 15.9 Å². The first-order chi connectivity index (χ1) is 11.1. The van der Waals surface area contributed by atoms with Crippen molar-refractivity contribution in [1.82, 2.24) is 9.97 Å². The number of nitrogens with zero attached hydrogens (tertiary/aromatic N) is 1. The number of aryl methyl sites for hydroxylation is 1. The molecule has 0 spiro atoms. The Labute approximate surface area is 141 Å². The summed E-state index contributed by atoms with van der Waals surface area (Å²) in [4.78, 5) is 7.25. The molecule has 120 valence electrons. The molecule has 0 unspecified atom stereocenters. The number of hydrogen-bond acceptors (Lipinski definition) is 2. The van der Waals surface area contributed by atoms with Crippen LogP contribution in [0.25, 0.3) is 22.2 Å². The molecule has 1 aromatic carbocycles. The van der Waals surface area contributed by atoms with E-state index < -0.39 is 11.6 Å². The third kappa shape index (κ3) is 3.28. The van der Waals surface area contributed by atoms with E-state index in [1.54, 1.807) is 12.4 Å². The molecular formula is C17H16BrF2N3. The van der Waals surface area contributed by atoms with E-state index in [4.69, 9.17) is 5.73 Å². The average molecular weight is 380 g/mol. The van der Waals surface area contributed by atoms with Crippen molar-refractivity contribution < 1.29 is 8.78 Å². The average Bonchev–Trinajstić information content (AvgIpc) is 2.87. The van der Waals surface area contributed by atoms with Gasteiger partial charge in [-0.3, -0.25) is 4.98 Å². The summed E-state index contributed by atoms with van der Waals surface area (Å²) in [6.07, 6.45) is 5.80. The maximum Gasteiger partial charge on any atom is 0.150 e. The Morgan fingerprint density at radius 3 is 2.70 bits per heavy atom. The summed E-state index contributed by atoms with van der Waals surface area (Å²) >= 11 is 3.39. The maximum absolute atomic E-state index is 14.1. The molecule has 2 aromatic heterocycles. The second-order valence-corrected chi connectivity index (χ2v) is 6.34. The molecular weight excluding hydrogens is 364 g/mol. The fraction of sp³-hybridized carbons (Fsp3) is 0.235. The third-order valence-corrected chi connectivity index (χ3v) is 4.24. The summed E-state index contributed by atoms with van der Waals surface area (Å²) in [7, 11) is 0. The van der Waals surface area contributed by atoms with Gasteiger partial charge >= 0.3 is 0 Å². The lowest BCUT2D eigenvalue weighted by atomic mass is 10.0. The minimum absolute atomic E-state index is 0.323. The fourth-order valence-corrected chi connectivity index (χ4v) is 3.14. The number of aromatic nitrogens is 2. The van der Waals surface area contributed by atoms with Crippen LogP contribution in [0, 0.1) is 11.6 Å². The van der Waals surface area contributed by atoms with Crippen molar-refractivity contribution in [2.24, 2.45) is 5.73 Å². The topological polar surface area (TPSA) is 54.7 Å². The minimum atomic E-state index is -0.589. The molecule has 0 aliphatic heterocycles. The van der Waals surface area contributed by atoms with E-state index in [9.17, 15) is 8.78 Å². The van der Waals surface area contributed by atoms with Gasteiger partial charge in [-0.2, -0.15) is 0 Å². The molecule has 0 saturated heterocycles. The van der Waals surface area contributed by atoms with Crippen LogP contribution in [0.3, 0.4) is 0 Å². The van der Waals surface area contributed by atoms with Gasteiger partial charge in [-0.25, -0.2) is 8.78 Å². The number of aromatic amines is 1. The van der Waals surface area contributed by atoms with Crippen molar-refractivity contribution in [2.75, 3.05) is 6.54 Å². The molecule has 0 aliphatic rings. The molecule has 3 rings (SSSR count). The van der Waals surface area contributed by atoms with Crippen molar-refractivity contribution >= 4 is 26.8 Å². The Hall–Kier alpha value is -1.79. The molecule has 3 N–H and O–H groups in total. The van der Waals surface area contributed by atoms with Gasteiger partial charge in [0.1, 0.15) is 11.6 Å². The zero-order valence-corrected chi connectivity index (χ0v) is 14.0. The van der Waals surface area contributed by atoms with E-state index in [1.165, 1.54) is 6.07 Å². The highest BCUT2D eigenvalue weighted by molar-refractivity contribution is 9.10. The Morgan fingerprint density at radius 2 is 1.96 bits per heavy atom. The molecule has 2 heterocycles. The molecule has 0 bridgehead atoms. The molecule has 0 atom stereocenters. The first-order valence-corrected chi connectivity index (χ1v) is 8.20. The highest BCUT2D eigenvalue weighted by Gasteiger charge is 2.17. The van der Waals surface area contributed by atoms with Crippen LogP contribution in [0.5, 0.6) is 0 Å². The number of pyridine rings is 1. The summed E-state index contributed by atoms with van der Waals surface area (Å²) in [5.41, 5.74) is 8.38. The minimum Gasteiger partial charge on any atom is -0.352 e. The van der Waals surface area contributed by atoms with Gasteiger partial charge in [0, 0.05) is 33.9 Å². The molecule has 6 heteroatoms. The van der Waals surface area contributed by atoms with Crippen molar-refractivity contribution in [3.8, 4) is 11.3 Å². The fourth-order valence-electron chi connectivity index (χ4n) is 2.77. The zero-order valence-electron chi connectivity index (χ0n) is 12.4. The molecule has 0 fully saturated rings. The van der Waals surface area contributed by atoms with Gasteiger partial charge in [-0.15, -0.1) is 0 Å². The van der Waals surface area contributed by atoms with E-state index in [1.807, 2.05) is 6.07 Å². The SMILES string of the molecule is NCCCCc1c(-c2cncc(Br)c2)[nH]c2c(F)cc(F)cc12. The summed E-state index contributed by atoms with van der Waals surface area (Å²) in [5, 5.41) is 0.578. The maximum atomic E-state index is 14.1. The standard InChI is InChI=1S/C17H16BrF2N3/c18-11-5-10(8-22-9-11)16-13(3-1-2-4-21)14-6-12(19)7-15(20)17(14)23-16/h5-9,23H,1-4,21H2. The predicted molar refractivity (Wildman–Crippen MR) is 91.1 cm³/mol. The van der Waals surface area contributed by atoms with Crippen LogP contribution in [0.4, 0.5) is 8.78 Å². The van der Waals surface area contributed by atoms with E-state index in [0.29, 0.717) is 23.9 Å². The Bertz CT molecular complexity index is 845. The molecule has 0 radical (unpaired) electrons. The second-order valence-electron chi connectivity index (χ2n) is 5.43. The Morgan fingerprint density at radius 1 is 1.13 bits per heavy atom. The molecule has 0 amide bonds. The number of halogens is 3. The largest absolute Gasteiger partial charge is 0.352 e. The zero-order chi connectivity index (χ0) is 16.4. The number of unbranched alkanes of at least 4 members (excludes halogenated alkanes) is 1. The summed E-state index contributed by atoms with van der Waals surface area (Å²) < 4.78 is 28.6. The number of benzene rings is 1. The van der Waals surface area contributed by atoms with Gasteiger partial charge in [0.05, 0.1) is 11.2 Å². The van der Waals surface area contributed by atoms with E-state index in [-0.39, 0.29) is 0 Å². The first-order valence-electron chi connectivity index (χ1n) is 7.40. The monoisotopic (exact) mass is 379 g/mol. The third-order valence-electron chi connectivity index (χ3n) is 3.81. The number of nitrogens with one attached hydrogen (secondary N) is 1. The van der Waals surface area contributed by atoms with Gasteiger partial charge in [0.15, 0.2) is 0 Å². The van der Waals surface area contributed by atoms with Crippen molar-refractivity contribution in [1.29, 1.82) is 0 Å². The van der Waals surface area contributed by atoms with Gasteiger partial charge in [-0.05, 0) is 59.4 Å². The molecule has 3 nitrogen and oxygen atoms in total. The quantitative estimate of drug-likeness (QED) is 0.638. The van der Waals surface area contributed by atoms with E-state index in [0.717, 1.165) is 40.2 Å². The number of fused-ring (bicyclic) bond motifs is 1. The highest BCUT2D eigenvalue weighted by Crippen LogP contribution is 2.33. The Balaban J connectivity index is 2.19. The summed E-state index contributed by atoms with van der Waals surface area (Å²) in [6.45, 7) is 0.596. The van der Waals surface area contributed by atoms with Crippen molar-refractivity contribution in [2.45, 2.75) is 19.3 Å². The lowest BCUT2D eigenvalue weighted by Gasteiger charge is -2.05. The van der Waals surface area contributed by atoms with Crippen molar-refractivity contribution in [3.05, 3.63) is 52.3 Å². The van der Waals surface area contributed by atoms with Crippen LogP contribution in [-0.2, 0) is 6.42 Å². The van der Waals surface area contributed by atoms with Crippen LogP contribution in [0.2, 0.25) is 0 Å². The second kappa shape index (κ2) is 6.76. The number of H-pyrrole nitrogens is 1. The molecule has 0 saturated carbocycles. The van der Waals surface area contributed by atoms with Crippen LogP contribution in [0.15, 0.2) is 35.1 Å². The lowest BCUT2D eigenvalue weighted by molar-refractivity contribution is 0.591. The predicted octanol–water partition coefficient (Wildman–Crippen LogP) is 4.55. The Kier molecular flexibility index (Phi) is 4.73. The van der Waals surface area contributed by atoms with Gasteiger partial charge < -0.3 is 10.7 Å². The van der Waals surface area contributed by atoms with Gasteiger partial charge in [0.2, 0.25) is 0 Å². The van der Waals surface area contributed by atoms with E-state index in [2.05, 4.69) is 25.9 Å². The van der Waals surface area contributed by atoms with Crippen LogP contribution in [0.1, 0.15) is 18.4 Å². The number of hydrogen-bond donors (Lipinski definition) is 2. The van der Waals surface area contributed by atoms with Gasteiger partial charge in [0.25, 0.3) is 0 Å². The van der Waals surface area contributed by atoms with Crippen molar-refractivity contribution in [3.63, 3.8) is 0 Å². The first kappa shape index (κ1) is 16.1. The highest BCUT2D eigenvalue weighted by atomic mass is 79.9. The number of rotatable bonds is 5. The summed E-state index contributed by atoms with van der Waals surface area (Å²) in [5.74, 6) is -1.16. The molecule has 3 aromatic rings. The van der Waals surface area contributed by atoms with Crippen LogP contribution < -0.4 is 5.73 Å². The molecule has 0 aliphatic carbocycles. The van der Waals surface area contributed by atoms with Gasteiger partial charge in [-0.1, -0.05) is 0 Å². The normalized spacial score (nSPS) is 11.3.